The molecule has 2 atom stereocenters. The average molecular weight is 332 g/mol. The molecule has 1 fully saturated rings. The van der Waals surface area contributed by atoms with E-state index in [0.29, 0.717) is 25.6 Å². The fourth-order valence-corrected chi connectivity index (χ4v) is 2.32. The molecular formula is C14H15F3N2O4. The maximum absolute atomic E-state index is 12.4. The summed E-state index contributed by atoms with van der Waals surface area (Å²) in [5.74, 6) is -2.45. The number of ether oxygens (including phenoxy) is 1. The number of nitrogens with one attached hydrogen (secondary N) is 1. The van der Waals surface area contributed by atoms with E-state index in [1.807, 2.05) is 0 Å². The van der Waals surface area contributed by atoms with Crippen molar-refractivity contribution in [2.75, 3.05) is 13.2 Å². The normalized spacial score (nSPS) is 19.9. The quantitative estimate of drug-likeness (QED) is 0.876. The number of alkyl halides is 3. The fourth-order valence-electron chi connectivity index (χ4n) is 2.32. The maximum atomic E-state index is 12.4. The molecule has 2 heterocycles. The van der Waals surface area contributed by atoms with Crippen LogP contribution in [0.5, 0.6) is 0 Å². The monoisotopic (exact) mass is 332 g/mol. The second-order valence-electron chi connectivity index (χ2n) is 5.20. The molecule has 126 valence electrons. The molecule has 0 spiro atoms. The number of halogens is 3. The second kappa shape index (κ2) is 6.95. The standard InChI is InChI=1S/C14H15F3N2O4/c15-14(16,17)9-3-4-10(18-6-9)12(20)19-11(13(21)22)8-2-1-5-23-7-8/h3-4,6,8,11H,1-2,5,7H2,(H,19,20)(H,21,22). The van der Waals surface area contributed by atoms with Crippen molar-refractivity contribution in [3.8, 4) is 0 Å². The van der Waals surface area contributed by atoms with Crippen molar-refractivity contribution in [1.82, 2.24) is 10.3 Å². The van der Waals surface area contributed by atoms with Crippen molar-refractivity contribution >= 4 is 11.9 Å². The molecule has 9 heteroatoms. The van der Waals surface area contributed by atoms with Crippen LogP contribution in [0.3, 0.4) is 0 Å². The number of carbonyl (C=O) groups is 2. The summed E-state index contributed by atoms with van der Waals surface area (Å²) >= 11 is 0. The van der Waals surface area contributed by atoms with Crippen LogP contribution in [-0.2, 0) is 15.7 Å². The highest BCUT2D eigenvalue weighted by molar-refractivity contribution is 5.95. The molecule has 6 nitrogen and oxygen atoms in total. The lowest BCUT2D eigenvalue weighted by Gasteiger charge is -2.27. The van der Waals surface area contributed by atoms with E-state index in [4.69, 9.17) is 4.74 Å². The van der Waals surface area contributed by atoms with Crippen molar-refractivity contribution in [3.63, 3.8) is 0 Å². The topological polar surface area (TPSA) is 88.5 Å². The van der Waals surface area contributed by atoms with Gasteiger partial charge in [0.1, 0.15) is 11.7 Å². The van der Waals surface area contributed by atoms with Gasteiger partial charge in [-0.2, -0.15) is 13.2 Å². The van der Waals surface area contributed by atoms with Gasteiger partial charge in [-0.05, 0) is 25.0 Å². The number of nitrogens with zero attached hydrogens (tertiary/aromatic N) is 1. The zero-order chi connectivity index (χ0) is 17.0. The Balaban J connectivity index is 2.07. The SMILES string of the molecule is O=C(NC(C(=O)O)C1CCCOC1)c1ccc(C(F)(F)F)cn1. The van der Waals surface area contributed by atoms with Crippen LogP contribution >= 0.6 is 0 Å². The number of aromatic nitrogens is 1. The zero-order valence-electron chi connectivity index (χ0n) is 12.0. The number of amides is 1. The number of rotatable bonds is 4. The third-order valence-corrected chi connectivity index (χ3v) is 3.54. The van der Waals surface area contributed by atoms with Crippen molar-refractivity contribution < 1.29 is 32.6 Å². The Kier molecular flexibility index (Phi) is 5.19. The van der Waals surface area contributed by atoms with Gasteiger partial charge in [-0.3, -0.25) is 9.78 Å². The highest BCUT2D eigenvalue weighted by atomic mass is 19.4. The van der Waals surface area contributed by atoms with Gasteiger partial charge >= 0.3 is 12.1 Å². The molecule has 1 aliphatic heterocycles. The molecule has 0 saturated carbocycles. The molecule has 0 bridgehead atoms. The lowest BCUT2D eigenvalue weighted by molar-refractivity contribution is -0.142. The first kappa shape index (κ1) is 17.2. The molecule has 0 aromatic carbocycles. The van der Waals surface area contributed by atoms with Crippen LogP contribution < -0.4 is 5.32 Å². The van der Waals surface area contributed by atoms with Crippen molar-refractivity contribution in [3.05, 3.63) is 29.6 Å². The first-order valence-electron chi connectivity index (χ1n) is 6.93. The summed E-state index contributed by atoms with van der Waals surface area (Å²) in [7, 11) is 0. The van der Waals surface area contributed by atoms with E-state index < -0.39 is 29.7 Å². The van der Waals surface area contributed by atoms with Gasteiger partial charge in [-0.25, -0.2) is 4.79 Å². The van der Waals surface area contributed by atoms with Gasteiger partial charge in [0.25, 0.3) is 5.91 Å². The Morgan fingerprint density at radius 1 is 1.39 bits per heavy atom. The van der Waals surface area contributed by atoms with Crippen LogP contribution in [0.4, 0.5) is 13.2 Å². The van der Waals surface area contributed by atoms with Crippen LogP contribution in [0.15, 0.2) is 18.3 Å². The number of carboxylic acids is 1. The molecule has 2 rings (SSSR count). The average Bonchev–Trinajstić information content (AvgIpc) is 2.52. The largest absolute Gasteiger partial charge is 0.480 e. The minimum atomic E-state index is -4.55. The van der Waals surface area contributed by atoms with Crippen LogP contribution in [-0.4, -0.2) is 41.2 Å². The molecule has 0 radical (unpaired) electrons. The highest BCUT2D eigenvalue weighted by Gasteiger charge is 2.33. The number of aliphatic carboxylic acids is 1. The summed E-state index contributed by atoms with van der Waals surface area (Å²) in [4.78, 5) is 26.8. The van der Waals surface area contributed by atoms with E-state index >= 15 is 0 Å². The Morgan fingerprint density at radius 2 is 2.13 bits per heavy atom. The molecule has 1 saturated heterocycles. The summed E-state index contributed by atoms with van der Waals surface area (Å²) in [5, 5.41) is 11.5. The van der Waals surface area contributed by atoms with Crippen molar-refractivity contribution in [2.45, 2.75) is 25.1 Å². The lowest BCUT2D eigenvalue weighted by Crippen LogP contribution is -2.48. The van der Waals surface area contributed by atoms with Gasteiger partial charge in [0, 0.05) is 18.7 Å². The zero-order valence-corrected chi connectivity index (χ0v) is 12.0. The first-order chi connectivity index (χ1) is 10.8. The lowest BCUT2D eigenvalue weighted by atomic mass is 9.93. The summed E-state index contributed by atoms with van der Waals surface area (Å²) in [6, 6.07) is 0.461. The van der Waals surface area contributed by atoms with E-state index in [1.165, 1.54) is 0 Å². The maximum Gasteiger partial charge on any atom is 0.417 e. The highest BCUT2D eigenvalue weighted by Crippen LogP contribution is 2.28. The second-order valence-corrected chi connectivity index (χ2v) is 5.20. The molecule has 1 aromatic rings. The van der Waals surface area contributed by atoms with Gasteiger partial charge in [0.2, 0.25) is 0 Å². The van der Waals surface area contributed by atoms with E-state index in [9.17, 15) is 27.9 Å². The first-order valence-corrected chi connectivity index (χ1v) is 6.93. The van der Waals surface area contributed by atoms with Gasteiger partial charge in [0.05, 0.1) is 12.2 Å². The van der Waals surface area contributed by atoms with Crippen LogP contribution in [0.2, 0.25) is 0 Å². The van der Waals surface area contributed by atoms with E-state index in [0.717, 1.165) is 12.1 Å². The minimum absolute atomic E-state index is 0.206. The Labute approximate surface area is 129 Å². The number of carboxylic acid groups (broad SMARTS) is 1. The third kappa shape index (κ3) is 4.41. The summed E-state index contributed by atoms with van der Waals surface area (Å²) in [5.41, 5.74) is -1.26. The predicted octanol–water partition coefficient (Wildman–Crippen LogP) is 1.71. The number of carbonyl (C=O) groups excluding carboxylic acids is 1. The molecule has 2 unspecified atom stereocenters. The molecule has 0 aliphatic carbocycles. The summed E-state index contributed by atoms with van der Waals surface area (Å²) in [6.45, 7) is 0.745. The predicted molar refractivity (Wildman–Crippen MR) is 71.7 cm³/mol. The summed E-state index contributed by atoms with van der Waals surface area (Å²) in [6.07, 6.45) is -2.75. The van der Waals surface area contributed by atoms with Gasteiger partial charge in [0.15, 0.2) is 0 Å². The van der Waals surface area contributed by atoms with Gasteiger partial charge in [-0.1, -0.05) is 0 Å². The fraction of sp³-hybridized carbons (Fsp3) is 0.500. The van der Waals surface area contributed by atoms with E-state index in [1.54, 1.807) is 0 Å². The van der Waals surface area contributed by atoms with Gasteiger partial charge in [-0.15, -0.1) is 0 Å². The van der Waals surface area contributed by atoms with Crippen LogP contribution in [0.1, 0.15) is 28.9 Å². The third-order valence-electron chi connectivity index (χ3n) is 3.54. The minimum Gasteiger partial charge on any atom is -0.480 e. The summed E-state index contributed by atoms with van der Waals surface area (Å²) < 4.78 is 42.5. The van der Waals surface area contributed by atoms with Crippen molar-refractivity contribution in [2.24, 2.45) is 5.92 Å². The molecule has 23 heavy (non-hydrogen) atoms. The van der Waals surface area contributed by atoms with Gasteiger partial charge < -0.3 is 15.2 Å². The molecular weight excluding hydrogens is 317 g/mol. The van der Waals surface area contributed by atoms with Crippen LogP contribution in [0.25, 0.3) is 0 Å². The Bertz CT molecular complexity index is 568. The van der Waals surface area contributed by atoms with Crippen LogP contribution in [0, 0.1) is 5.92 Å². The molecule has 1 amide bonds. The number of hydrogen-bond acceptors (Lipinski definition) is 4. The molecule has 1 aromatic heterocycles. The smallest absolute Gasteiger partial charge is 0.417 e. The number of pyridine rings is 1. The Hall–Kier alpha value is -2.16. The number of hydrogen-bond donors (Lipinski definition) is 2. The van der Waals surface area contributed by atoms with E-state index in [2.05, 4.69) is 10.3 Å². The molecule has 1 aliphatic rings. The molecule has 2 N–H and O–H groups in total. The Morgan fingerprint density at radius 3 is 2.61 bits per heavy atom. The van der Waals surface area contributed by atoms with Crippen molar-refractivity contribution in [1.29, 1.82) is 0 Å². The van der Waals surface area contributed by atoms with E-state index in [-0.39, 0.29) is 18.2 Å².